The van der Waals surface area contributed by atoms with E-state index in [1.54, 1.807) is 6.92 Å². The summed E-state index contributed by atoms with van der Waals surface area (Å²) in [4.78, 5) is 22.3. The summed E-state index contributed by atoms with van der Waals surface area (Å²) in [6, 6.07) is 0. The largest absolute Gasteiger partial charge is 0.465 e. The molecule has 0 aliphatic heterocycles. The molecule has 0 atom stereocenters. The van der Waals surface area contributed by atoms with Crippen molar-refractivity contribution in [2.75, 3.05) is 13.2 Å². The van der Waals surface area contributed by atoms with Crippen molar-refractivity contribution in [2.24, 2.45) is 11.1 Å². The zero-order valence-corrected chi connectivity index (χ0v) is 8.94. The quantitative estimate of drug-likeness (QED) is 0.542. The highest BCUT2D eigenvalue weighted by Crippen LogP contribution is 2.17. The van der Waals surface area contributed by atoms with Crippen LogP contribution in [0.5, 0.6) is 0 Å². The highest BCUT2D eigenvalue weighted by molar-refractivity contribution is 6.03. The number of esters is 1. The molecule has 13 heavy (non-hydrogen) atoms. The van der Waals surface area contributed by atoms with Gasteiger partial charge in [-0.25, -0.2) is 0 Å². The van der Waals surface area contributed by atoms with E-state index in [-0.39, 0.29) is 31.3 Å². The van der Waals surface area contributed by atoms with Gasteiger partial charge >= 0.3 is 5.97 Å². The van der Waals surface area contributed by atoms with E-state index in [4.69, 9.17) is 10.5 Å². The van der Waals surface area contributed by atoms with E-state index in [1.807, 2.05) is 0 Å². The molecule has 0 amide bonds. The molecule has 2 N–H and O–H groups in total. The van der Waals surface area contributed by atoms with E-state index in [2.05, 4.69) is 0 Å². The fourth-order valence-electron chi connectivity index (χ4n) is 0.681. The highest BCUT2D eigenvalue weighted by atomic mass is 35.5. The van der Waals surface area contributed by atoms with Crippen LogP contribution in [0.2, 0.25) is 0 Å². The van der Waals surface area contributed by atoms with Gasteiger partial charge in [-0.15, -0.1) is 12.4 Å². The fraction of sp³-hybridized carbons (Fsp3) is 0.750. The first-order chi connectivity index (χ1) is 5.46. The lowest BCUT2D eigenvalue weighted by molar-refractivity contribution is -0.157. The fourth-order valence-corrected chi connectivity index (χ4v) is 0.681. The summed E-state index contributed by atoms with van der Waals surface area (Å²) in [5.41, 5.74) is 4.03. The molecule has 0 spiro atoms. The molecule has 0 saturated carbocycles. The summed E-state index contributed by atoms with van der Waals surface area (Å²) >= 11 is 0. The Morgan fingerprint density at radius 1 is 1.38 bits per heavy atom. The van der Waals surface area contributed by atoms with Crippen LogP contribution in [0.1, 0.15) is 20.8 Å². The molecule has 0 unspecified atom stereocenters. The van der Waals surface area contributed by atoms with Crippen LogP contribution in [0, 0.1) is 5.41 Å². The van der Waals surface area contributed by atoms with E-state index in [0.29, 0.717) is 0 Å². The van der Waals surface area contributed by atoms with Crippen molar-refractivity contribution in [3.8, 4) is 0 Å². The Morgan fingerprint density at radius 2 is 1.85 bits per heavy atom. The Hall–Kier alpha value is -0.610. The average Bonchev–Trinajstić information content (AvgIpc) is 2.03. The van der Waals surface area contributed by atoms with Gasteiger partial charge in [0.15, 0.2) is 5.78 Å². The number of ketones is 1. The normalized spacial score (nSPS) is 10.2. The molecule has 0 aliphatic carbocycles. The molecule has 0 aromatic rings. The number of carbonyl (C=O) groups excluding carboxylic acids is 2. The molecule has 0 saturated heterocycles. The first kappa shape index (κ1) is 14.9. The van der Waals surface area contributed by atoms with E-state index in [9.17, 15) is 9.59 Å². The summed E-state index contributed by atoms with van der Waals surface area (Å²) in [7, 11) is 0. The summed E-state index contributed by atoms with van der Waals surface area (Å²) < 4.78 is 4.71. The molecule has 0 rings (SSSR count). The topological polar surface area (TPSA) is 69.4 Å². The lowest BCUT2D eigenvalue weighted by atomic mass is 9.88. The lowest BCUT2D eigenvalue weighted by Gasteiger charge is -2.19. The van der Waals surface area contributed by atoms with E-state index >= 15 is 0 Å². The number of halogens is 1. The second kappa shape index (κ2) is 5.94. The van der Waals surface area contributed by atoms with Gasteiger partial charge in [0.05, 0.1) is 13.2 Å². The molecule has 78 valence electrons. The maximum atomic E-state index is 11.2. The number of carbonyl (C=O) groups is 2. The molecule has 0 radical (unpaired) electrons. The maximum absolute atomic E-state index is 11.2. The summed E-state index contributed by atoms with van der Waals surface area (Å²) in [5.74, 6) is -0.818. The minimum atomic E-state index is -1.11. The summed E-state index contributed by atoms with van der Waals surface area (Å²) in [5, 5.41) is 0. The maximum Gasteiger partial charge on any atom is 0.319 e. The molecule has 5 heteroatoms. The number of hydrogen-bond acceptors (Lipinski definition) is 4. The Labute approximate surface area is 84.2 Å². The second-order valence-corrected chi connectivity index (χ2v) is 2.97. The Morgan fingerprint density at radius 3 is 2.15 bits per heavy atom. The minimum Gasteiger partial charge on any atom is -0.465 e. The van der Waals surface area contributed by atoms with Gasteiger partial charge < -0.3 is 10.5 Å². The van der Waals surface area contributed by atoms with Crippen LogP contribution in [0.15, 0.2) is 0 Å². The van der Waals surface area contributed by atoms with Crippen molar-refractivity contribution in [1.82, 2.24) is 0 Å². The van der Waals surface area contributed by atoms with Crippen molar-refractivity contribution in [3.63, 3.8) is 0 Å². The Bertz CT molecular complexity index is 192. The van der Waals surface area contributed by atoms with Crippen molar-refractivity contribution < 1.29 is 14.3 Å². The van der Waals surface area contributed by atoms with Gasteiger partial charge in [-0.1, -0.05) is 0 Å². The molecule has 0 heterocycles. The molecular weight excluding hydrogens is 194 g/mol. The predicted octanol–water partition coefficient (Wildman–Crippen LogP) is 0.525. The number of nitrogens with two attached hydrogens (primary N) is 1. The van der Waals surface area contributed by atoms with Gasteiger partial charge in [-0.05, 0) is 20.8 Å². The van der Waals surface area contributed by atoms with Gasteiger partial charge in [0.25, 0.3) is 0 Å². The van der Waals surface area contributed by atoms with Gasteiger partial charge in [0.2, 0.25) is 0 Å². The number of ether oxygens (including phenoxy) is 1. The molecule has 0 fully saturated rings. The minimum absolute atomic E-state index is 0. The molecule has 0 aliphatic rings. The molecule has 4 nitrogen and oxygen atoms in total. The van der Waals surface area contributed by atoms with Crippen molar-refractivity contribution in [2.45, 2.75) is 20.8 Å². The number of hydrogen-bond donors (Lipinski definition) is 1. The van der Waals surface area contributed by atoms with Crippen LogP contribution in [-0.2, 0) is 14.3 Å². The third-order valence-corrected chi connectivity index (χ3v) is 1.67. The Kier molecular flexibility index (Phi) is 6.80. The standard InChI is InChI=1S/C8H15NO3.ClH/c1-4-12-7(11)8(2,3)6(10)5-9;/h4-5,9H2,1-3H3;1H. The average molecular weight is 210 g/mol. The molecule has 0 aromatic carbocycles. The van der Waals surface area contributed by atoms with E-state index < -0.39 is 11.4 Å². The molecule has 0 aromatic heterocycles. The zero-order valence-electron chi connectivity index (χ0n) is 8.12. The van der Waals surface area contributed by atoms with E-state index in [0.717, 1.165) is 0 Å². The second-order valence-electron chi connectivity index (χ2n) is 2.97. The van der Waals surface area contributed by atoms with Crippen molar-refractivity contribution >= 4 is 24.2 Å². The van der Waals surface area contributed by atoms with Gasteiger partial charge in [-0.2, -0.15) is 0 Å². The van der Waals surface area contributed by atoms with Crippen LogP contribution in [-0.4, -0.2) is 24.9 Å². The van der Waals surface area contributed by atoms with Crippen LogP contribution in [0.3, 0.4) is 0 Å². The van der Waals surface area contributed by atoms with Crippen molar-refractivity contribution in [1.29, 1.82) is 0 Å². The molecular formula is C8H16ClNO3. The Balaban J connectivity index is 0. The monoisotopic (exact) mass is 209 g/mol. The van der Waals surface area contributed by atoms with E-state index in [1.165, 1.54) is 13.8 Å². The highest BCUT2D eigenvalue weighted by Gasteiger charge is 2.35. The van der Waals surface area contributed by atoms with Gasteiger partial charge in [-0.3, -0.25) is 9.59 Å². The summed E-state index contributed by atoms with van der Waals surface area (Å²) in [6.07, 6.45) is 0. The van der Waals surface area contributed by atoms with Gasteiger partial charge in [0, 0.05) is 0 Å². The van der Waals surface area contributed by atoms with Crippen LogP contribution < -0.4 is 5.73 Å². The molecule has 0 bridgehead atoms. The van der Waals surface area contributed by atoms with Gasteiger partial charge in [0.1, 0.15) is 5.41 Å². The first-order valence-electron chi connectivity index (χ1n) is 3.87. The smallest absolute Gasteiger partial charge is 0.319 e. The zero-order chi connectivity index (χ0) is 9.78. The summed E-state index contributed by atoms with van der Waals surface area (Å²) in [6.45, 7) is 4.87. The number of rotatable bonds is 4. The lowest BCUT2D eigenvalue weighted by Crippen LogP contribution is -2.39. The van der Waals surface area contributed by atoms with Crippen LogP contribution >= 0.6 is 12.4 Å². The van der Waals surface area contributed by atoms with Crippen LogP contribution in [0.25, 0.3) is 0 Å². The predicted molar refractivity (Wildman–Crippen MR) is 51.7 cm³/mol. The number of Topliss-reactive ketones (excluding diaryl/α,β-unsaturated/α-hetero) is 1. The third-order valence-electron chi connectivity index (χ3n) is 1.67. The van der Waals surface area contributed by atoms with Crippen molar-refractivity contribution in [3.05, 3.63) is 0 Å². The SMILES string of the molecule is CCOC(=O)C(C)(C)C(=O)CN.Cl. The van der Waals surface area contributed by atoms with Crippen LogP contribution in [0.4, 0.5) is 0 Å². The third kappa shape index (κ3) is 3.74. The first-order valence-corrected chi connectivity index (χ1v) is 3.87.